The highest BCUT2D eigenvalue weighted by atomic mass is 19.1. The number of carbonyl (C=O) groups excluding carboxylic acids is 2. The van der Waals surface area contributed by atoms with Gasteiger partial charge in [0.15, 0.2) is 6.61 Å². The van der Waals surface area contributed by atoms with Crippen molar-refractivity contribution in [1.82, 2.24) is 9.80 Å². The molecular formula is C27H35FN2O4. The number of halogens is 1. The maximum Gasteiger partial charge on any atom is 0.338 e. The number of benzene rings is 2. The number of piperazine rings is 1. The first-order valence-corrected chi connectivity index (χ1v) is 12.0. The maximum absolute atomic E-state index is 13.2. The second-order valence-corrected chi connectivity index (χ2v) is 8.96. The lowest BCUT2D eigenvalue weighted by molar-refractivity contribution is -0.139. The second kappa shape index (κ2) is 12.5. The van der Waals surface area contributed by atoms with Crippen molar-refractivity contribution >= 4 is 11.9 Å². The Morgan fingerprint density at radius 1 is 0.971 bits per heavy atom. The van der Waals surface area contributed by atoms with Crippen LogP contribution in [0.2, 0.25) is 0 Å². The molecule has 7 heteroatoms. The van der Waals surface area contributed by atoms with Gasteiger partial charge in [-0.25, -0.2) is 9.18 Å². The highest BCUT2D eigenvalue weighted by Crippen LogP contribution is 2.19. The standard InChI is InChI=1S/C27H35FN2O4/c1-4-5-6-15-33-27(32)23-9-13-25(14-10-23)34-19-26(31)30-17-20(2)29(16-21(30)3)18-22-7-11-24(28)12-8-22/h7-14,20-21H,4-6,15-19H2,1-3H3. The fourth-order valence-electron chi connectivity index (χ4n) is 4.11. The summed E-state index contributed by atoms with van der Waals surface area (Å²) in [4.78, 5) is 29.1. The molecule has 0 N–H and O–H groups in total. The van der Waals surface area contributed by atoms with Crippen molar-refractivity contribution in [3.05, 3.63) is 65.5 Å². The van der Waals surface area contributed by atoms with E-state index in [1.54, 1.807) is 36.4 Å². The third-order valence-corrected chi connectivity index (χ3v) is 6.17. The van der Waals surface area contributed by atoms with Gasteiger partial charge in [-0.2, -0.15) is 0 Å². The Morgan fingerprint density at radius 2 is 1.68 bits per heavy atom. The summed E-state index contributed by atoms with van der Waals surface area (Å²) >= 11 is 0. The topological polar surface area (TPSA) is 59.1 Å². The summed E-state index contributed by atoms with van der Waals surface area (Å²) in [6, 6.07) is 13.4. The van der Waals surface area contributed by atoms with Gasteiger partial charge in [0.2, 0.25) is 0 Å². The normalized spacial score (nSPS) is 18.5. The lowest BCUT2D eigenvalue weighted by atomic mass is 10.1. The SMILES string of the molecule is CCCCCOC(=O)c1ccc(OCC(=O)N2CC(C)N(Cc3ccc(F)cc3)CC2C)cc1. The fourth-order valence-corrected chi connectivity index (χ4v) is 4.11. The van der Waals surface area contributed by atoms with Gasteiger partial charge >= 0.3 is 5.97 Å². The minimum absolute atomic E-state index is 0.0394. The number of carbonyl (C=O) groups is 2. The van der Waals surface area contributed by atoms with E-state index >= 15 is 0 Å². The van der Waals surface area contributed by atoms with E-state index in [0.717, 1.165) is 37.9 Å². The molecule has 1 fully saturated rings. The van der Waals surface area contributed by atoms with Crippen LogP contribution in [0, 0.1) is 5.82 Å². The number of unbranched alkanes of at least 4 members (excludes halogenated alkanes) is 2. The van der Waals surface area contributed by atoms with Crippen molar-refractivity contribution in [2.45, 2.75) is 58.7 Å². The van der Waals surface area contributed by atoms with Gasteiger partial charge in [0.05, 0.1) is 12.2 Å². The molecule has 0 bridgehead atoms. The average Bonchev–Trinajstić information content (AvgIpc) is 2.84. The number of hydrogen-bond acceptors (Lipinski definition) is 5. The monoisotopic (exact) mass is 470 g/mol. The van der Waals surface area contributed by atoms with Crippen LogP contribution in [0.15, 0.2) is 48.5 Å². The first-order chi connectivity index (χ1) is 16.4. The number of esters is 1. The molecule has 1 aliphatic rings. The van der Waals surface area contributed by atoms with E-state index in [9.17, 15) is 14.0 Å². The van der Waals surface area contributed by atoms with Gasteiger partial charge in [-0.3, -0.25) is 9.69 Å². The van der Waals surface area contributed by atoms with Crippen LogP contribution in [0.1, 0.15) is 56.0 Å². The van der Waals surface area contributed by atoms with E-state index in [0.29, 0.717) is 24.5 Å². The molecule has 1 saturated heterocycles. The zero-order chi connectivity index (χ0) is 24.5. The summed E-state index contributed by atoms with van der Waals surface area (Å²) in [6.45, 7) is 8.65. The second-order valence-electron chi connectivity index (χ2n) is 8.96. The molecule has 2 aromatic rings. The third kappa shape index (κ3) is 7.29. The Hall–Kier alpha value is -2.93. The summed E-state index contributed by atoms with van der Waals surface area (Å²) in [6.07, 6.45) is 2.98. The predicted molar refractivity (Wildman–Crippen MR) is 129 cm³/mol. The molecule has 34 heavy (non-hydrogen) atoms. The molecule has 0 radical (unpaired) electrons. The summed E-state index contributed by atoms with van der Waals surface area (Å²) < 4.78 is 24.1. The van der Waals surface area contributed by atoms with Crippen LogP contribution in [0.4, 0.5) is 4.39 Å². The Morgan fingerprint density at radius 3 is 2.35 bits per heavy atom. The summed E-state index contributed by atoms with van der Waals surface area (Å²) in [5, 5.41) is 0. The van der Waals surface area contributed by atoms with Crippen LogP contribution >= 0.6 is 0 Å². The van der Waals surface area contributed by atoms with Gasteiger partial charge < -0.3 is 14.4 Å². The van der Waals surface area contributed by atoms with Crippen molar-refractivity contribution in [1.29, 1.82) is 0 Å². The number of ether oxygens (including phenoxy) is 2. The number of rotatable bonds is 10. The van der Waals surface area contributed by atoms with Gasteiger partial charge in [0, 0.05) is 31.7 Å². The molecule has 0 aliphatic carbocycles. The lowest BCUT2D eigenvalue weighted by Crippen LogP contribution is -2.58. The van der Waals surface area contributed by atoms with Crippen LogP contribution in [-0.4, -0.2) is 60.1 Å². The zero-order valence-corrected chi connectivity index (χ0v) is 20.3. The van der Waals surface area contributed by atoms with Crippen LogP contribution in [0.5, 0.6) is 5.75 Å². The maximum atomic E-state index is 13.2. The molecule has 184 valence electrons. The minimum atomic E-state index is -0.347. The van der Waals surface area contributed by atoms with Crippen molar-refractivity contribution in [3.8, 4) is 5.75 Å². The summed E-state index contributed by atoms with van der Waals surface area (Å²) in [5.74, 6) is -0.121. The molecule has 2 atom stereocenters. The Balaban J connectivity index is 1.46. The molecule has 6 nitrogen and oxygen atoms in total. The largest absolute Gasteiger partial charge is 0.484 e. The van der Waals surface area contributed by atoms with Gasteiger partial charge in [0.1, 0.15) is 11.6 Å². The van der Waals surface area contributed by atoms with Gasteiger partial charge in [-0.05, 0) is 62.2 Å². The first kappa shape index (κ1) is 25.7. The van der Waals surface area contributed by atoms with Gasteiger partial charge in [-0.15, -0.1) is 0 Å². The quantitative estimate of drug-likeness (QED) is 0.373. The van der Waals surface area contributed by atoms with Crippen LogP contribution < -0.4 is 4.74 Å². The van der Waals surface area contributed by atoms with E-state index in [4.69, 9.17) is 9.47 Å². The Bertz CT molecular complexity index is 933. The van der Waals surface area contributed by atoms with Crippen molar-refractivity contribution < 1.29 is 23.5 Å². The zero-order valence-electron chi connectivity index (χ0n) is 20.3. The molecule has 2 unspecified atom stereocenters. The van der Waals surface area contributed by atoms with Gasteiger partial charge in [-0.1, -0.05) is 31.9 Å². The molecule has 0 saturated carbocycles. The Kier molecular flexibility index (Phi) is 9.45. The lowest BCUT2D eigenvalue weighted by Gasteiger charge is -2.44. The molecular weight excluding hydrogens is 435 g/mol. The average molecular weight is 471 g/mol. The highest BCUT2D eigenvalue weighted by molar-refractivity contribution is 5.89. The number of nitrogens with zero attached hydrogens (tertiary/aromatic N) is 2. The predicted octanol–water partition coefficient (Wildman–Crippen LogP) is 4.67. The van der Waals surface area contributed by atoms with Gasteiger partial charge in [0.25, 0.3) is 5.91 Å². The molecule has 1 heterocycles. The van der Waals surface area contributed by atoms with E-state index in [2.05, 4.69) is 18.7 Å². The Labute approximate surface area is 201 Å². The smallest absolute Gasteiger partial charge is 0.338 e. The van der Waals surface area contributed by atoms with E-state index in [1.165, 1.54) is 12.1 Å². The molecule has 1 aliphatic heterocycles. The molecule has 2 aromatic carbocycles. The first-order valence-electron chi connectivity index (χ1n) is 12.0. The molecule has 3 rings (SSSR count). The molecule has 0 spiro atoms. The summed E-state index contributed by atoms with van der Waals surface area (Å²) in [7, 11) is 0. The van der Waals surface area contributed by atoms with Crippen LogP contribution in [0.25, 0.3) is 0 Å². The summed E-state index contributed by atoms with van der Waals surface area (Å²) in [5.41, 5.74) is 1.52. The van der Waals surface area contributed by atoms with Crippen molar-refractivity contribution in [2.24, 2.45) is 0 Å². The highest BCUT2D eigenvalue weighted by Gasteiger charge is 2.32. The van der Waals surface area contributed by atoms with E-state index in [-0.39, 0.29) is 36.4 Å². The minimum Gasteiger partial charge on any atom is -0.484 e. The molecule has 0 aromatic heterocycles. The van der Waals surface area contributed by atoms with Crippen LogP contribution in [0.3, 0.4) is 0 Å². The van der Waals surface area contributed by atoms with E-state index in [1.807, 2.05) is 11.8 Å². The number of amides is 1. The number of hydrogen-bond donors (Lipinski definition) is 0. The molecule has 1 amide bonds. The fraction of sp³-hybridized carbons (Fsp3) is 0.481. The van der Waals surface area contributed by atoms with E-state index < -0.39 is 0 Å². The van der Waals surface area contributed by atoms with Crippen LogP contribution in [-0.2, 0) is 16.1 Å². The third-order valence-electron chi connectivity index (χ3n) is 6.17. The van der Waals surface area contributed by atoms with Crippen molar-refractivity contribution in [3.63, 3.8) is 0 Å². The van der Waals surface area contributed by atoms with Crippen molar-refractivity contribution in [2.75, 3.05) is 26.3 Å².